The molecule has 0 spiro atoms. The number of fused-ring (bicyclic) bond motifs is 14. The number of benzene rings is 1. The number of methoxy groups -OCH3 is 2. The second-order valence-corrected chi connectivity index (χ2v) is 27.1. The molecule has 30 heteroatoms. The van der Waals surface area contributed by atoms with E-state index < -0.39 is 72.0 Å². The molecule has 7 aromatic heterocycles. The van der Waals surface area contributed by atoms with Crippen molar-refractivity contribution in [2.45, 2.75) is 104 Å². The predicted octanol–water partition coefficient (Wildman–Crippen LogP) is 9.40. The standard InChI is InChI=1S/C58H63N13O11S6/c1-28(2)42-56-70-45(37(88-56)23-80-8)49(77)60-22-40(73)67-46(47(75)30-15-11-10-12-16-30)55-65-36(26-85-55)53-63-34(24-84-53)44-31(51-64-35(25-83-51)48(76)62-33(21-39(72)59-7)54-69-43(29(3)87-54)50(78)68-42)18-19-32(61-44)52-66-38(27-86-52)71(57(79)82-58(4,5)6)20-14-13-17-41(74)81-9/h10-12,15-16,18-19,24-28,33,42,46-47,75H,13-14,17,20-23H2,1-9H3,(H,59,72)(H,60,77)(H,62,76)(H,67,73)(H,68,78)/t33-,42?,46-,47-/m0/s1. The fourth-order valence-corrected chi connectivity index (χ4v) is 14.5. The van der Waals surface area contributed by atoms with E-state index >= 15 is 0 Å². The summed E-state index contributed by atoms with van der Waals surface area (Å²) in [5.74, 6) is -3.22. The van der Waals surface area contributed by atoms with Gasteiger partial charge in [0.2, 0.25) is 11.8 Å². The van der Waals surface area contributed by atoms with Crippen molar-refractivity contribution in [2.24, 2.45) is 5.92 Å². The summed E-state index contributed by atoms with van der Waals surface area (Å²) in [6.07, 6.45) is -1.06. The van der Waals surface area contributed by atoms with Gasteiger partial charge in [-0.1, -0.05) is 44.2 Å². The Morgan fingerprint density at radius 3 is 2.15 bits per heavy atom. The SMILES string of the molecule is CNC(=O)C[C@@H]1NC(=O)c2csc(n2)-c2ccc(-c3nc(N(CCCCC(=O)OC)C(=O)OC(C)(C)C)cs3)nc2-c2csc(n2)-c2csc(n2)[C@H]([C@@H](O)c2ccccc2)NC(=O)CNC(=O)c2nc(sc2COC)C(C(C)C)NC(=O)c2nc1sc2C. The highest BCUT2D eigenvalue weighted by Gasteiger charge is 2.34. The van der Waals surface area contributed by atoms with Gasteiger partial charge < -0.3 is 45.9 Å². The summed E-state index contributed by atoms with van der Waals surface area (Å²) in [6.45, 7) is 10.4. The third-order valence-electron chi connectivity index (χ3n) is 13.4. The molecular formula is C58H63N13O11S6. The monoisotopic (exact) mass is 1310 g/mol. The lowest BCUT2D eigenvalue weighted by atomic mass is 10.0. The molecule has 10 bridgehead atoms. The van der Waals surface area contributed by atoms with Crippen LogP contribution in [0, 0.1) is 12.8 Å². The molecule has 0 fully saturated rings. The molecule has 462 valence electrons. The van der Waals surface area contributed by atoms with Crippen LogP contribution in [0.1, 0.15) is 146 Å². The van der Waals surface area contributed by atoms with Crippen molar-refractivity contribution >= 4 is 115 Å². The summed E-state index contributed by atoms with van der Waals surface area (Å²) in [4.78, 5) is 132. The molecule has 0 aliphatic carbocycles. The van der Waals surface area contributed by atoms with Crippen molar-refractivity contribution in [2.75, 3.05) is 39.3 Å². The highest BCUT2D eigenvalue weighted by Crippen LogP contribution is 2.40. The molecule has 1 aliphatic heterocycles. The average molecular weight is 1310 g/mol. The molecule has 8 heterocycles. The number of ether oxygens (including phenoxy) is 3. The Kier molecular flexibility index (Phi) is 21.0. The van der Waals surface area contributed by atoms with E-state index in [-0.39, 0.29) is 60.0 Å². The Balaban J connectivity index is 1.13. The maximum absolute atomic E-state index is 14.4. The van der Waals surface area contributed by atoms with Gasteiger partial charge in [-0.15, -0.1) is 68.0 Å². The first-order valence-electron chi connectivity index (χ1n) is 27.6. The first kappa shape index (κ1) is 64.6. The zero-order valence-corrected chi connectivity index (χ0v) is 54.1. The molecule has 1 aromatic carbocycles. The summed E-state index contributed by atoms with van der Waals surface area (Å²) in [7, 11) is 4.26. The number of hydrogen-bond donors (Lipinski definition) is 6. The van der Waals surface area contributed by atoms with Crippen molar-refractivity contribution < 1.29 is 52.9 Å². The van der Waals surface area contributed by atoms with Crippen molar-refractivity contribution in [1.82, 2.24) is 61.5 Å². The molecule has 88 heavy (non-hydrogen) atoms. The lowest BCUT2D eigenvalue weighted by molar-refractivity contribution is -0.140. The highest BCUT2D eigenvalue weighted by molar-refractivity contribution is 7.15. The van der Waals surface area contributed by atoms with Crippen LogP contribution < -0.4 is 31.5 Å². The number of aromatic nitrogens is 7. The van der Waals surface area contributed by atoms with Gasteiger partial charge in [0.25, 0.3) is 17.7 Å². The van der Waals surface area contributed by atoms with Crippen molar-refractivity contribution in [3.05, 3.63) is 111 Å². The van der Waals surface area contributed by atoms with Crippen LogP contribution >= 0.6 is 68.0 Å². The number of nitrogens with zero attached hydrogens (tertiary/aromatic N) is 8. The number of thiazole rings is 6. The van der Waals surface area contributed by atoms with Gasteiger partial charge in [-0.2, -0.15) is 0 Å². The predicted molar refractivity (Wildman–Crippen MR) is 336 cm³/mol. The zero-order chi connectivity index (χ0) is 63.0. The lowest BCUT2D eigenvalue weighted by Gasteiger charge is -2.26. The number of unbranched alkanes of at least 4 members (excludes halogenated alkanes) is 1. The number of esters is 1. The minimum atomic E-state index is -1.29. The van der Waals surface area contributed by atoms with Gasteiger partial charge in [0, 0.05) is 59.1 Å². The smallest absolute Gasteiger partial charge is 0.416 e. The van der Waals surface area contributed by atoms with E-state index in [4.69, 9.17) is 49.1 Å². The summed E-state index contributed by atoms with van der Waals surface area (Å²) in [5, 5.41) is 35.2. The normalized spacial score (nSPS) is 16.2. The summed E-state index contributed by atoms with van der Waals surface area (Å²) in [5.41, 5.74) is 1.80. The average Bonchev–Trinajstić information content (AvgIpc) is 2.07. The number of pyridine rings is 1. The molecule has 24 nitrogen and oxygen atoms in total. The Hall–Kier alpha value is -7.84. The van der Waals surface area contributed by atoms with Gasteiger partial charge in [0.05, 0.1) is 49.3 Å². The van der Waals surface area contributed by atoms with Gasteiger partial charge in [0.15, 0.2) is 0 Å². The van der Waals surface area contributed by atoms with Crippen LogP contribution in [-0.4, -0.2) is 122 Å². The largest absolute Gasteiger partial charge is 0.469 e. The number of aliphatic hydroxyl groups is 1. The number of amides is 6. The molecule has 4 atom stereocenters. The molecule has 1 aliphatic rings. The topological polar surface area (TPSA) is 321 Å². The van der Waals surface area contributed by atoms with Crippen LogP contribution in [-0.2, 0) is 35.2 Å². The fraction of sp³-hybridized carbons (Fsp3) is 0.379. The number of nitrogens with one attached hydrogen (secondary N) is 5. The molecule has 9 rings (SSSR count). The van der Waals surface area contributed by atoms with E-state index in [0.717, 1.165) is 11.3 Å². The summed E-state index contributed by atoms with van der Waals surface area (Å²) >= 11 is 7.16. The van der Waals surface area contributed by atoms with Gasteiger partial charge in [-0.3, -0.25) is 33.7 Å². The van der Waals surface area contributed by atoms with Crippen molar-refractivity contribution in [3.8, 4) is 43.4 Å². The fourth-order valence-electron chi connectivity index (χ4n) is 8.96. The number of aliphatic hydroxyl groups excluding tert-OH is 1. The van der Waals surface area contributed by atoms with Crippen LogP contribution in [0.15, 0.2) is 64.0 Å². The maximum Gasteiger partial charge on any atom is 0.416 e. The Bertz CT molecular complexity index is 3850. The Labute approximate surface area is 530 Å². The number of anilines is 1. The Morgan fingerprint density at radius 2 is 1.42 bits per heavy atom. The minimum Gasteiger partial charge on any atom is -0.469 e. The third-order valence-corrected chi connectivity index (χ3v) is 19.1. The third kappa shape index (κ3) is 15.5. The quantitative estimate of drug-likeness (QED) is 0.0436. The van der Waals surface area contributed by atoms with E-state index in [0.29, 0.717) is 87.4 Å². The highest BCUT2D eigenvalue weighted by atomic mass is 32.1. The van der Waals surface area contributed by atoms with Crippen molar-refractivity contribution in [3.63, 3.8) is 0 Å². The molecule has 0 saturated carbocycles. The molecule has 8 aromatic rings. The Morgan fingerprint density at radius 1 is 0.716 bits per heavy atom. The second kappa shape index (κ2) is 28.5. The van der Waals surface area contributed by atoms with Crippen LogP contribution in [0.2, 0.25) is 0 Å². The molecule has 6 amide bonds. The van der Waals surface area contributed by atoms with Gasteiger partial charge >= 0.3 is 12.1 Å². The summed E-state index contributed by atoms with van der Waals surface area (Å²) < 4.78 is 16.0. The van der Waals surface area contributed by atoms with Gasteiger partial charge in [0.1, 0.15) is 87.8 Å². The van der Waals surface area contributed by atoms with E-state index in [1.165, 1.54) is 82.9 Å². The summed E-state index contributed by atoms with van der Waals surface area (Å²) in [6, 6.07) is 9.47. The maximum atomic E-state index is 14.4. The number of hydrogen-bond acceptors (Lipinski definition) is 24. The molecule has 1 unspecified atom stereocenters. The number of carbonyl (C=O) groups excluding carboxylic acids is 7. The first-order chi connectivity index (χ1) is 42.1. The first-order valence-corrected chi connectivity index (χ1v) is 32.8. The van der Waals surface area contributed by atoms with Crippen molar-refractivity contribution in [1.29, 1.82) is 0 Å². The number of rotatable bonds is 14. The van der Waals surface area contributed by atoms with Crippen LogP contribution in [0.5, 0.6) is 0 Å². The molecule has 6 N–H and O–H groups in total. The number of aryl methyl sites for hydroxylation is 1. The second-order valence-electron chi connectivity index (χ2n) is 21.3. The lowest BCUT2D eigenvalue weighted by Crippen LogP contribution is -2.40. The number of carbonyl (C=O) groups is 7. The van der Waals surface area contributed by atoms with E-state index in [2.05, 4.69) is 26.6 Å². The minimum absolute atomic E-state index is 0.00241. The molecule has 0 saturated heterocycles. The molecular weight excluding hydrogens is 1250 g/mol. The van der Waals surface area contributed by atoms with E-state index in [9.17, 15) is 38.7 Å². The van der Waals surface area contributed by atoms with Crippen LogP contribution in [0.3, 0.4) is 0 Å². The molecule has 0 radical (unpaired) electrons. The van der Waals surface area contributed by atoms with Gasteiger partial charge in [-0.25, -0.2) is 39.7 Å². The van der Waals surface area contributed by atoms with Gasteiger partial charge in [-0.05, 0) is 64.2 Å². The van der Waals surface area contributed by atoms with Crippen LogP contribution in [0.25, 0.3) is 43.4 Å². The van der Waals surface area contributed by atoms with E-state index in [1.54, 1.807) is 91.7 Å². The van der Waals surface area contributed by atoms with Crippen LogP contribution in [0.4, 0.5) is 10.6 Å². The zero-order valence-electron chi connectivity index (χ0n) is 49.2. The van der Waals surface area contributed by atoms with E-state index in [1.807, 2.05) is 13.8 Å².